The lowest BCUT2D eigenvalue weighted by Gasteiger charge is -2.32. The molecule has 4 rings (SSSR count). The van der Waals surface area contributed by atoms with Crippen LogP contribution in [0.25, 0.3) is 0 Å². The topological polar surface area (TPSA) is 76.0 Å². The zero-order valence-electron chi connectivity index (χ0n) is 15.5. The van der Waals surface area contributed by atoms with E-state index >= 15 is 0 Å². The van der Waals surface area contributed by atoms with E-state index < -0.39 is 10.0 Å². The standard InChI is InChI=1S/C20H26N2O4S/c23-20(26-16-7-3-1-2-4-8-16)15-11-13-22(14-12-15)19-17-9-5-6-10-18(17)27(24,25)21-19/h5-6,9-10,15-16H,1-4,7-8,11-14H2. The number of amidine groups is 1. The minimum absolute atomic E-state index is 0.0780. The number of hydrogen-bond acceptors (Lipinski definition) is 5. The average Bonchev–Trinajstić information content (AvgIpc) is 2.82. The Morgan fingerprint density at radius 2 is 1.67 bits per heavy atom. The largest absolute Gasteiger partial charge is 0.462 e. The number of piperidine rings is 1. The number of sulfonamides is 1. The predicted octanol–water partition coefficient (Wildman–Crippen LogP) is 3.11. The van der Waals surface area contributed by atoms with Crippen molar-refractivity contribution in [2.45, 2.75) is 62.4 Å². The normalized spacial score (nSPS) is 23.4. The van der Waals surface area contributed by atoms with Gasteiger partial charge in [0.05, 0.1) is 5.92 Å². The third-order valence-corrected chi connectivity index (χ3v) is 7.15. The van der Waals surface area contributed by atoms with Gasteiger partial charge in [0.1, 0.15) is 11.0 Å². The van der Waals surface area contributed by atoms with E-state index in [1.807, 2.05) is 11.0 Å². The molecule has 1 aliphatic carbocycles. The van der Waals surface area contributed by atoms with Crippen LogP contribution in [0.15, 0.2) is 33.6 Å². The van der Waals surface area contributed by atoms with Crippen molar-refractivity contribution in [3.05, 3.63) is 29.8 Å². The van der Waals surface area contributed by atoms with E-state index in [1.165, 1.54) is 12.8 Å². The lowest BCUT2D eigenvalue weighted by atomic mass is 9.96. The van der Waals surface area contributed by atoms with E-state index in [1.54, 1.807) is 18.2 Å². The molecule has 0 radical (unpaired) electrons. The van der Waals surface area contributed by atoms with Crippen molar-refractivity contribution >= 4 is 21.8 Å². The van der Waals surface area contributed by atoms with E-state index in [0.717, 1.165) is 25.7 Å². The zero-order valence-corrected chi connectivity index (χ0v) is 16.3. The molecule has 2 fully saturated rings. The van der Waals surface area contributed by atoms with E-state index in [4.69, 9.17) is 4.74 Å². The van der Waals surface area contributed by atoms with Crippen LogP contribution < -0.4 is 0 Å². The summed E-state index contributed by atoms with van der Waals surface area (Å²) in [5.41, 5.74) is 0.664. The van der Waals surface area contributed by atoms with Crippen LogP contribution in [0.3, 0.4) is 0 Å². The number of ether oxygens (including phenoxy) is 1. The fourth-order valence-electron chi connectivity index (χ4n) is 4.26. The SMILES string of the molecule is O=C(OC1CCCCCC1)C1CCN(C2=NS(=O)(=O)c3ccccc32)CC1. The maximum absolute atomic E-state index is 12.5. The molecule has 1 aromatic carbocycles. The first-order valence-corrected chi connectivity index (χ1v) is 11.4. The molecule has 0 aromatic heterocycles. The van der Waals surface area contributed by atoms with Crippen molar-refractivity contribution < 1.29 is 17.9 Å². The van der Waals surface area contributed by atoms with Gasteiger partial charge < -0.3 is 9.64 Å². The molecule has 1 saturated heterocycles. The summed E-state index contributed by atoms with van der Waals surface area (Å²) in [7, 11) is -3.60. The molecular weight excluding hydrogens is 364 g/mol. The van der Waals surface area contributed by atoms with Gasteiger partial charge in [-0.3, -0.25) is 4.79 Å². The molecule has 27 heavy (non-hydrogen) atoms. The minimum Gasteiger partial charge on any atom is -0.462 e. The molecule has 7 heteroatoms. The Hall–Kier alpha value is -1.89. The van der Waals surface area contributed by atoms with Crippen molar-refractivity contribution in [2.75, 3.05) is 13.1 Å². The summed E-state index contributed by atoms with van der Waals surface area (Å²) in [6.45, 7) is 1.24. The number of nitrogens with zero attached hydrogens (tertiary/aromatic N) is 2. The Labute approximate surface area is 160 Å². The second-order valence-electron chi connectivity index (χ2n) is 7.70. The molecule has 1 saturated carbocycles. The summed E-state index contributed by atoms with van der Waals surface area (Å²) in [4.78, 5) is 14.8. The highest BCUT2D eigenvalue weighted by Gasteiger charge is 2.35. The molecular formula is C20H26N2O4S. The number of carbonyl (C=O) groups excluding carboxylic acids is 1. The summed E-state index contributed by atoms with van der Waals surface area (Å²) in [5.74, 6) is 0.336. The van der Waals surface area contributed by atoms with Crippen molar-refractivity contribution in [2.24, 2.45) is 10.3 Å². The van der Waals surface area contributed by atoms with Crippen LogP contribution >= 0.6 is 0 Å². The van der Waals surface area contributed by atoms with E-state index in [9.17, 15) is 13.2 Å². The molecule has 0 amide bonds. The molecule has 6 nitrogen and oxygen atoms in total. The first kappa shape index (κ1) is 18.5. The number of rotatable bonds is 2. The van der Waals surface area contributed by atoms with Crippen LogP contribution in [0.4, 0.5) is 0 Å². The van der Waals surface area contributed by atoms with Crippen LogP contribution in [0.5, 0.6) is 0 Å². The second kappa shape index (κ2) is 7.62. The highest BCUT2D eigenvalue weighted by atomic mass is 32.2. The maximum atomic E-state index is 12.5. The number of likely N-dealkylation sites (tertiary alicyclic amines) is 1. The summed E-state index contributed by atoms with van der Waals surface area (Å²) < 4.78 is 34.2. The highest BCUT2D eigenvalue weighted by Crippen LogP contribution is 2.30. The Kier molecular flexibility index (Phi) is 5.21. The number of fused-ring (bicyclic) bond motifs is 1. The van der Waals surface area contributed by atoms with Gasteiger partial charge in [-0.2, -0.15) is 8.42 Å². The fourth-order valence-corrected chi connectivity index (χ4v) is 5.49. The summed E-state index contributed by atoms with van der Waals surface area (Å²) in [6, 6.07) is 6.93. The average molecular weight is 391 g/mol. The van der Waals surface area contributed by atoms with Crippen LogP contribution in [0, 0.1) is 5.92 Å². The van der Waals surface area contributed by atoms with E-state index in [0.29, 0.717) is 37.3 Å². The monoisotopic (exact) mass is 390 g/mol. The number of carbonyl (C=O) groups is 1. The second-order valence-corrected chi connectivity index (χ2v) is 9.27. The molecule has 0 bridgehead atoms. The Morgan fingerprint density at radius 1 is 1.00 bits per heavy atom. The molecule has 2 heterocycles. The van der Waals surface area contributed by atoms with Gasteiger partial charge >= 0.3 is 5.97 Å². The third-order valence-electron chi connectivity index (χ3n) is 5.83. The number of benzene rings is 1. The van der Waals surface area contributed by atoms with Crippen LogP contribution in [-0.2, 0) is 19.6 Å². The van der Waals surface area contributed by atoms with E-state index in [2.05, 4.69) is 4.40 Å². The first-order chi connectivity index (χ1) is 13.0. The van der Waals surface area contributed by atoms with Crippen LogP contribution in [-0.4, -0.2) is 44.3 Å². The van der Waals surface area contributed by atoms with Crippen molar-refractivity contribution in [3.8, 4) is 0 Å². The summed E-state index contributed by atoms with van der Waals surface area (Å²) >= 11 is 0. The number of esters is 1. The summed E-state index contributed by atoms with van der Waals surface area (Å²) in [5, 5.41) is 0. The molecule has 0 atom stereocenters. The van der Waals surface area contributed by atoms with Gasteiger partial charge in [-0.25, -0.2) is 0 Å². The molecule has 0 spiro atoms. The molecule has 0 N–H and O–H groups in total. The Balaban J connectivity index is 1.37. The van der Waals surface area contributed by atoms with Gasteiger partial charge in [-0.05, 0) is 50.7 Å². The zero-order chi connectivity index (χ0) is 18.9. The molecule has 0 unspecified atom stereocenters. The minimum atomic E-state index is -3.60. The highest BCUT2D eigenvalue weighted by molar-refractivity contribution is 7.90. The maximum Gasteiger partial charge on any atom is 0.309 e. The van der Waals surface area contributed by atoms with Crippen molar-refractivity contribution in [3.63, 3.8) is 0 Å². The van der Waals surface area contributed by atoms with Crippen molar-refractivity contribution in [1.82, 2.24) is 4.90 Å². The lowest BCUT2D eigenvalue weighted by molar-refractivity contribution is -0.156. The van der Waals surface area contributed by atoms with Gasteiger partial charge in [-0.15, -0.1) is 4.40 Å². The molecule has 146 valence electrons. The van der Waals surface area contributed by atoms with Crippen LogP contribution in [0.2, 0.25) is 0 Å². The molecule has 3 aliphatic rings. The Morgan fingerprint density at radius 3 is 2.37 bits per heavy atom. The quantitative estimate of drug-likeness (QED) is 0.573. The molecule has 1 aromatic rings. The Bertz CT molecular complexity index is 833. The van der Waals surface area contributed by atoms with Gasteiger partial charge in [0.15, 0.2) is 5.84 Å². The third kappa shape index (κ3) is 3.88. The lowest BCUT2D eigenvalue weighted by Crippen LogP contribution is -2.41. The fraction of sp³-hybridized carbons (Fsp3) is 0.600. The predicted molar refractivity (Wildman–Crippen MR) is 102 cm³/mol. The van der Waals surface area contributed by atoms with Gasteiger partial charge in [0, 0.05) is 18.7 Å². The molecule has 2 aliphatic heterocycles. The van der Waals surface area contributed by atoms with Gasteiger partial charge in [0.2, 0.25) is 0 Å². The first-order valence-electron chi connectivity index (χ1n) is 9.94. The van der Waals surface area contributed by atoms with E-state index in [-0.39, 0.29) is 22.9 Å². The van der Waals surface area contributed by atoms with Crippen molar-refractivity contribution in [1.29, 1.82) is 0 Å². The summed E-state index contributed by atoms with van der Waals surface area (Å²) in [6.07, 6.45) is 8.15. The van der Waals surface area contributed by atoms with Gasteiger partial charge in [-0.1, -0.05) is 25.0 Å². The smallest absolute Gasteiger partial charge is 0.309 e. The number of hydrogen-bond donors (Lipinski definition) is 0. The van der Waals surface area contributed by atoms with Gasteiger partial charge in [0.25, 0.3) is 10.0 Å². The van der Waals surface area contributed by atoms with Crippen LogP contribution in [0.1, 0.15) is 56.9 Å².